The summed E-state index contributed by atoms with van der Waals surface area (Å²) < 4.78 is 15.4. The van der Waals surface area contributed by atoms with Crippen LogP contribution in [0.3, 0.4) is 0 Å². The predicted molar refractivity (Wildman–Crippen MR) is 94.2 cm³/mol. The molecular weight excluding hydrogens is 336 g/mol. The van der Waals surface area contributed by atoms with Crippen LogP contribution in [0, 0.1) is 5.92 Å². The maximum Gasteiger partial charge on any atom is 0.317 e. The number of esters is 1. The summed E-state index contributed by atoms with van der Waals surface area (Å²) in [6.07, 6.45) is 1.35. The van der Waals surface area contributed by atoms with Gasteiger partial charge in [-0.25, -0.2) is 0 Å². The molecule has 0 aliphatic rings. The Morgan fingerprint density at radius 2 is 1.81 bits per heavy atom. The van der Waals surface area contributed by atoms with E-state index in [2.05, 4.69) is 0 Å². The third-order valence-electron chi connectivity index (χ3n) is 4.13. The van der Waals surface area contributed by atoms with Crippen molar-refractivity contribution in [3.63, 3.8) is 0 Å². The van der Waals surface area contributed by atoms with Crippen molar-refractivity contribution >= 4 is 17.5 Å². The predicted octanol–water partition coefficient (Wildman–Crippen LogP) is 3.41. The molecule has 2 rings (SSSR count). The van der Waals surface area contributed by atoms with E-state index < -0.39 is 17.8 Å². The Labute approximate surface area is 152 Å². The van der Waals surface area contributed by atoms with Crippen LogP contribution in [0.1, 0.15) is 42.3 Å². The van der Waals surface area contributed by atoms with Crippen molar-refractivity contribution in [3.8, 4) is 5.75 Å². The van der Waals surface area contributed by atoms with Crippen LogP contribution in [-0.4, -0.2) is 31.3 Å². The van der Waals surface area contributed by atoms with Crippen LogP contribution in [0.25, 0.3) is 0 Å². The minimum absolute atomic E-state index is 0.0527. The molecule has 2 unspecified atom stereocenters. The number of hydrogen-bond donors (Lipinski definition) is 0. The normalized spacial score (nSPS) is 12.9. The number of hydrogen-bond acceptors (Lipinski definition) is 6. The van der Waals surface area contributed by atoms with Crippen LogP contribution >= 0.6 is 0 Å². The number of carbonyl (C=O) groups is 3. The van der Waals surface area contributed by atoms with Gasteiger partial charge in [-0.1, -0.05) is 12.1 Å². The van der Waals surface area contributed by atoms with Crippen LogP contribution < -0.4 is 4.74 Å². The molecule has 0 fully saturated rings. The first-order valence-corrected chi connectivity index (χ1v) is 8.35. The van der Waals surface area contributed by atoms with Crippen LogP contribution in [0.5, 0.6) is 5.75 Å². The summed E-state index contributed by atoms with van der Waals surface area (Å²) in [6.45, 7) is 3.16. The molecule has 1 aromatic carbocycles. The lowest BCUT2D eigenvalue weighted by Gasteiger charge is -2.23. The molecule has 0 N–H and O–H groups in total. The maximum atomic E-state index is 12.5. The van der Waals surface area contributed by atoms with Crippen molar-refractivity contribution < 1.29 is 28.3 Å². The number of furan rings is 1. The first kappa shape index (κ1) is 19.4. The molecule has 0 spiro atoms. The molecule has 6 nitrogen and oxygen atoms in total. The SMILES string of the molecule is CCOC(=O)C(C(C)=O)C(CC(=O)c1ccco1)c1ccc(OC)cc1. The number of rotatable bonds is 9. The van der Waals surface area contributed by atoms with Gasteiger partial charge in [-0.05, 0) is 43.7 Å². The molecule has 1 heterocycles. The summed E-state index contributed by atoms with van der Waals surface area (Å²) in [7, 11) is 1.55. The molecule has 2 aromatic rings. The molecule has 0 amide bonds. The number of ketones is 2. The highest BCUT2D eigenvalue weighted by molar-refractivity contribution is 6.01. The van der Waals surface area contributed by atoms with Crippen LogP contribution in [0.2, 0.25) is 0 Å². The van der Waals surface area contributed by atoms with E-state index in [1.807, 2.05) is 0 Å². The van der Waals surface area contributed by atoms with E-state index in [0.717, 1.165) is 0 Å². The second-order valence-electron chi connectivity index (χ2n) is 5.82. The van der Waals surface area contributed by atoms with Gasteiger partial charge in [0.05, 0.1) is 20.0 Å². The summed E-state index contributed by atoms with van der Waals surface area (Å²) in [4.78, 5) is 37.1. The van der Waals surface area contributed by atoms with Gasteiger partial charge in [-0.3, -0.25) is 14.4 Å². The Morgan fingerprint density at radius 1 is 1.12 bits per heavy atom. The third-order valence-corrected chi connectivity index (χ3v) is 4.13. The lowest BCUT2D eigenvalue weighted by molar-refractivity contribution is -0.152. The second kappa shape index (κ2) is 8.99. The highest BCUT2D eigenvalue weighted by Crippen LogP contribution is 2.32. The maximum absolute atomic E-state index is 12.5. The van der Waals surface area contributed by atoms with Gasteiger partial charge in [0.2, 0.25) is 0 Å². The fraction of sp³-hybridized carbons (Fsp3) is 0.350. The summed E-state index contributed by atoms with van der Waals surface area (Å²) in [5.41, 5.74) is 0.680. The van der Waals surface area contributed by atoms with Crippen molar-refractivity contribution in [3.05, 3.63) is 54.0 Å². The van der Waals surface area contributed by atoms with Crippen LogP contribution in [0.15, 0.2) is 47.1 Å². The topological polar surface area (TPSA) is 82.8 Å². The summed E-state index contributed by atoms with van der Waals surface area (Å²) in [5, 5.41) is 0. The molecule has 0 saturated heterocycles. The van der Waals surface area contributed by atoms with E-state index in [4.69, 9.17) is 13.9 Å². The number of Topliss-reactive ketones (excluding diaryl/α,β-unsaturated/α-hetero) is 2. The highest BCUT2D eigenvalue weighted by atomic mass is 16.5. The van der Waals surface area contributed by atoms with E-state index in [1.54, 1.807) is 50.4 Å². The van der Waals surface area contributed by atoms with Gasteiger partial charge in [0, 0.05) is 12.3 Å². The van der Waals surface area contributed by atoms with Gasteiger partial charge in [-0.15, -0.1) is 0 Å². The Morgan fingerprint density at radius 3 is 2.31 bits per heavy atom. The van der Waals surface area contributed by atoms with Gasteiger partial charge < -0.3 is 13.9 Å². The minimum atomic E-state index is -1.07. The van der Waals surface area contributed by atoms with Gasteiger partial charge in [0.1, 0.15) is 17.5 Å². The molecule has 0 aliphatic carbocycles. The molecule has 0 bridgehead atoms. The Hall–Kier alpha value is -2.89. The monoisotopic (exact) mass is 358 g/mol. The standard InChI is InChI=1S/C20H22O6/c1-4-25-20(23)19(13(2)21)16(12-17(22)18-6-5-11-26-18)14-7-9-15(24-3)10-8-14/h5-11,16,19H,4,12H2,1-3H3. The van der Waals surface area contributed by atoms with E-state index >= 15 is 0 Å². The molecule has 0 radical (unpaired) electrons. The number of ether oxygens (including phenoxy) is 2. The minimum Gasteiger partial charge on any atom is -0.497 e. The van der Waals surface area contributed by atoms with Crippen molar-refractivity contribution in [1.29, 1.82) is 0 Å². The Balaban J connectivity index is 2.39. The van der Waals surface area contributed by atoms with Gasteiger partial charge in [-0.2, -0.15) is 0 Å². The Bertz CT molecular complexity index is 745. The van der Waals surface area contributed by atoms with E-state index in [0.29, 0.717) is 11.3 Å². The second-order valence-corrected chi connectivity index (χ2v) is 5.82. The molecule has 1 aromatic heterocycles. The first-order valence-electron chi connectivity index (χ1n) is 8.35. The Kier molecular flexibility index (Phi) is 6.72. The molecule has 6 heteroatoms. The van der Waals surface area contributed by atoms with E-state index in [1.165, 1.54) is 13.2 Å². The quantitative estimate of drug-likeness (QED) is 0.388. The largest absolute Gasteiger partial charge is 0.497 e. The smallest absolute Gasteiger partial charge is 0.317 e. The molecular formula is C20H22O6. The summed E-state index contributed by atoms with van der Waals surface area (Å²) >= 11 is 0. The highest BCUT2D eigenvalue weighted by Gasteiger charge is 2.36. The zero-order chi connectivity index (χ0) is 19.1. The van der Waals surface area contributed by atoms with Crippen LogP contribution in [0.4, 0.5) is 0 Å². The summed E-state index contributed by atoms with van der Waals surface area (Å²) in [5.74, 6) is -2.16. The lowest BCUT2D eigenvalue weighted by Crippen LogP contribution is -2.31. The zero-order valence-electron chi connectivity index (χ0n) is 15.1. The first-order chi connectivity index (χ1) is 12.5. The van der Waals surface area contributed by atoms with E-state index in [-0.39, 0.29) is 30.4 Å². The molecule has 26 heavy (non-hydrogen) atoms. The molecule has 138 valence electrons. The zero-order valence-corrected chi connectivity index (χ0v) is 15.1. The third kappa shape index (κ3) is 4.59. The fourth-order valence-corrected chi connectivity index (χ4v) is 2.86. The average Bonchev–Trinajstić information content (AvgIpc) is 3.16. The van der Waals surface area contributed by atoms with Gasteiger partial charge in [0.15, 0.2) is 11.5 Å². The molecule has 0 aliphatic heterocycles. The molecule has 0 saturated carbocycles. The number of carbonyl (C=O) groups excluding carboxylic acids is 3. The van der Waals surface area contributed by atoms with Gasteiger partial charge >= 0.3 is 5.97 Å². The van der Waals surface area contributed by atoms with Crippen molar-refractivity contribution in [2.75, 3.05) is 13.7 Å². The van der Waals surface area contributed by atoms with E-state index in [9.17, 15) is 14.4 Å². The van der Waals surface area contributed by atoms with Crippen molar-refractivity contribution in [1.82, 2.24) is 0 Å². The number of benzene rings is 1. The van der Waals surface area contributed by atoms with Crippen molar-refractivity contribution in [2.45, 2.75) is 26.2 Å². The lowest BCUT2D eigenvalue weighted by atomic mass is 9.80. The molecule has 2 atom stereocenters. The van der Waals surface area contributed by atoms with Gasteiger partial charge in [0.25, 0.3) is 0 Å². The summed E-state index contributed by atoms with van der Waals surface area (Å²) in [6, 6.07) is 10.1. The fourth-order valence-electron chi connectivity index (χ4n) is 2.86. The van der Waals surface area contributed by atoms with Crippen LogP contribution in [-0.2, 0) is 14.3 Å². The average molecular weight is 358 g/mol. The van der Waals surface area contributed by atoms with Crippen molar-refractivity contribution in [2.24, 2.45) is 5.92 Å². The number of methoxy groups -OCH3 is 1.